The predicted octanol–water partition coefficient (Wildman–Crippen LogP) is 2.59. The lowest BCUT2D eigenvalue weighted by molar-refractivity contribution is -0.135. The third-order valence-electron chi connectivity index (χ3n) is 5.39. The van der Waals surface area contributed by atoms with Gasteiger partial charge in [0.1, 0.15) is 21.7 Å². The highest BCUT2D eigenvalue weighted by molar-refractivity contribution is 7.91. The molecule has 26 heavy (non-hydrogen) atoms. The highest BCUT2D eigenvalue weighted by atomic mass is 32.2. The molecule has 0 spiro atoms. The van der Waals surface area contributed by atoms with Gasteiger partial charge in [-0.1, -0.05) is 26.0 Å². The molecule has 1 aliphatic heterocycles. The van der Waals surface area contributed by atoms with E-state index in [2.05, 4.69) is 9.55 Å². The topological polar surface area (TPSA) is 72.3 Å². The van der Waals surface area contributed by atoms with Gasteiger partial charge in [0.25, 0.3) is 0 Å². The zero-order valence-corrected chi connectivity index (χ0v) is 16.5. The molecule has 1 aromatic carbocycles. The number of fused-ring (bicyclic) bond motifs is 1. The van der Waals surface area contributed by atoms with Crippen molar-refractivity contribution >= 4 is 26.8 Å². The first-order valence-electron chi connectivity index (χ1n) is 9.30. The Morgan fingerprint density at radius 1 is 1.27 bits per heavy atom. The fraction of sp³-hybridized carbons (Fsp3) is 0.579. The number of para-hydroxylation sites is 2. The second-order valence-electron chi connectivity index (χ2n) is 7.00. The standard InChI is InChI=1S/C19H27N3O3S/c1-4-16(19(23)21(3)14-10-12-26(24,25)13-11-14)22-17-9-7-6-8-15(17)20-18(22)5-2/h6-9,14,16H,4-5,10-13H2,1-3H3/t16-/m0/s1. The third-order valence-corrected chi connectivity index (χ3v) is 7.10. The summed E-state index contributed by atoms with van der Waals surface area (Å²) in [7, 11) is -1.13. The number of aromatic nitrogens is 2. The molecule has 0 N–H and O–H groups in total. The van der Waals surface area contributed by atoms with Crippen molar-refractivity contribution in [1.29, 1.82) is 0 Å². The number of benzene rings is 1. The number of nitrogens with zero attached hydrogens (tertiary/aromatic N) is 3. The average Bonchev–Trinajstić information content (AvgIpc) is 3.00. The van der Waals surface area contributed by atoms with E-state index < -0.39 is 9.84 Å². The summed E-state index contributed by atoms with van der Waals surface area (Å²) in [5, 5.41) is 0. The number of hydrogen-bond donors (Lipinski definition) is 0. The summed E-state index contributed by atoms with van der Waals surface area (Å²) in [6.07, 6.45) is 2.46. The van der Waals surface area contributed by atoms with Gasteiger partial charge in [0.2, 0.25) is 5.91 Å². The molecule has 1 fully saturated rings. The summed E-state index contributed by atoms with van der Waals surface area (Å²) in [6.45, 7) is 4.06. The molecule has 0 bridgehead atoms. The average molecular weight is 378 g/mol. The van der Waals surface area contributed by atoms with Crippen LogP contribution in [0.5, 0.6) is 0 Å². The van der Waals surface area contributed by atoms with Crippen LogP contribution in [0.1, 0.15) is 45.0 Å². The minimum atomic E-state index is -2.94. The van der Waals surface area contributed by atoms with E-state index in [0.29, 0.717) is 19.3 Å². The summed E-state index contributed by atoms with van der Waals surface area (Å²) in [6, 6.07) is 7.56. The smallest absolute Gasteiger partial charge is 0.245 e. The Balaban J connectivity index is 1.90. The molecule has 0 unspecified atom stereocenters. The monoisotopic (exact) mass is 377 g/mol. The number of amides is 1. The molecule has 1 saturated heterocycles. The Bertz CT molecular complexity index is 890. The van der Waals surface area contributed by atoms with Crippen molar-refractivity contribution in [3.8, 4) is 0 Å². The quantitative estimate of drug-likeness (QED) is 0.803. The molecule has 1 atom stereocenters. The molecule has 3 rings (SSSR count). The maximum absolute atomic E-state index is 13.3. The largest absolute Gasteiger partial charge is 0.341 e. The molecule has 7 heteroatoms. The minimum absolute atomic E-state index is 0.0139. The van der Waals surface area contributed by atoms with Gasteiger partial charge >= 0.3 is 0 Å². The van der Waals surface area contributed by atoms with Crippen LogP contribution in [0, 0.1) is 0 Å². The van der Waals surface area contributed by atoms with Crippen molar-refractivity contribution < 1.29 is 13.2 Å². The first kappa shape index (κ1) is 18.9. The third kappa shape index (κ3) is 3.49. The number of sulfone groups is 1. The lowest BCUT2D eigenvalue weighted by Crippen LogP contribution is -2.45. The number of aryl methyl sites for hydroxylation is 1. The molecule has 1 aliphatic rings. The van der Waals surface area contributed by atoms with Crippen molar-refractivity contribution in [2.24, 2.45) is 0 Å². The SMILES string of the molecule is CCc1nc2ccccc2n1[C@@H](CC)C(=O)N(C)C1CCS(=O)(=O)CC1. The van der Waals surface area contributed by atoms with E-state index in [4.69, 9.17) is 0 Å². The Labute approximate surface area is 155 Å². The van der Waals surface area contributed by atoms with E-state index in [-0.39, 0.29) is 29.5 Å². The van der Waals surface area contributed by atoms with Crippen molar-refractivity contribution in [1.82, 2.24) is 14.5 Å². The Morgan fingerprint density at radius 2 is 1.92 bits per heavy atom. The second-order valence-corrected chi connectivity index (χ2v) is 9.30. The minimum Gasteiger partial charge on any atom is -0.341 e. The Kier molecular flexibility index (Phi) is 5.37. The molecule has 2 heterocycles. The number of carbonyl (C=O) groups excluding carboxylic acids is 1. The van der Waals surface area contributed by atoms with Gasteiger partial charge in [-0.3, -0.25) is 4.79 Å². The van der Waals surface area contributed by atoms with Gasteiger partial charge in [-0.15, -0.1) is 0 Å². The molecule has 0 radical (unpaired) electrons. The van der Waals surface area contributed by atoms with Crippen LogP contribution in [0.4, 0.5) is 0 Å². The summed E-state index contributed by atoms with van der Waals surface area (Å²) in [5.74, 6) is 1.28. The van der Waals surface area contributed by atoms with Crippen molar-refractivity contribution in [3.63, 3.8) is 0 Å². The normalized spacial score (nSPS) is 18.7. The summed E-state index contributed by atoms with van der Waals surface area (Å²) < 4.78 is 25.4. The lowest BCUT2D eigenvalue weighted by Gasteiger charge is -2.34. The number of likely N-dealkylation sites (N-methyl/N-ethyl adjacent to an activating group) is 1. The zero-order chi connectivity index (χ0) is 18.9. The molecule has 0 aliphatic carbocycles. The zero-order valence-electron chi connectivity index (χ0n) is 15.7. The van der Waals surface area contributed by atoms with Gasteiger partial charge in [0.15, 0.2) is 0 Å². The molecule has 0 saturated carbocycles. The van der Waals surface area contributed by atoms with E-state index in [0.717, 1.165) is 23.3 Å². The highest BCUT2D eigenvalue weighted by Crippen LogP contribution is 2.27. The van der Waals surface area contributed by atoms with Gasteiger partial charge < -0.3 is 9.47 Å². The van der Waals surface area contributed by atoms with Crippen LogP contribution in [-0.2, 0) is 21.1 Å². The second kappa shape index (κ2) is 7.39. The van der Waals surface area contributed by atoms with Gasteiger partial charge in [-0.05, 0) is 31.4 Å². The molecule has 6 nitrogen and oxygen atoms in total. The summed E-state index contributed by atoms with van der Waals surface area (Å²) >= 11 is 0. The van der Waals surface area contributed by atoms with Gasteiger partial charge in [-0.25, -0.2) is 13.4 Å². The fourth-order valence-corrected chi connectivity index (χ4v) is 5.31. The number of carbonyl (C=O) groups is 1. The van der Waals surface area contributed by atoms with Crippen LogP contribution in [0.2, 0.25) is 0 Å². The van der Waals surface area contributed by atoms with E-state index in [9.17, 15) is 13.2 Å². The highest BCUT2D eigenvalue weighted by Gasteiger charge is 2.33. The fourth-order valence-electron chi connectivity index (χ4n) is 3.84. The van der Waals surface area contributed by atoms with E-state index >= 15 is 0 Å². The van der Waals surface area contributed by atoms with Crippen molar-refractivity contribution in [2.75, 3.05) is 18.6 Å². The maximum atomic E-state index is 13.3. The molecular formula is C19H27N3O3S. The number of hydrogen-bond acceptors (Lipinski definition) is 4. The van der Waals surface area contributed by atoms with E-state index in [1.165, 1.54) is 0 Å². The Morgan fingerprint density at radius 3 is 2.54 bits per heavy atom. The van der Waals surface area contributed by atoms with Gasteiger partial charge in [0.05, 0.1) is 22.5 Å². The van der Waals surface area contributed by atoms with E-state index in [1.54, 1.807) is 11.9 Å². The van der Waals surface area contributed by atoms with E-state index in [1.807, 2.05) is 38.1 Å². The van der Waals surface area contributed by atoms with Crippen molar-refractivity contribution in [3.05, 3.63) is 30.1 Å². The first-order valence-corrected chi connectivity index (χ1v) is 11.1. The predicted molar refractivity (Wildman–Crippen MR) is 103 cm³/mol. The molecule has 2 aromatic rings. The number of rotatable bonds is 5. The Hall–Kier alpha value is -1.89. The van der Waals surface area contributed by atoms with Gasteiger partial charge in [-0.2, -0.15) is 0 Å². The molecule has 1 aromatic heterocycles. The van der Waals surface area contributed by atoms with Crippen LogP contribution < -0.4 is 0 Å². The van der Waals surface area contributed by atoms with Crippen molar-refractivity contribution in [2.45, 2.75) is 51.6 Å². The van der Waals surface area contributed by atoms with Crippen LogP contribution in [0.15, 0.2) is 24.3 Å². The maximum Gasteiger partial charge on any atom is 0.245 e. The van der Waals surface area contributed by atoms with Gasteiger partial charge in [0, 0.05) is 19.5 Å². The summed E-state index contributed by atoms with van der Waals surface area (Å²) in [4.78, 5) is 19.7. The molecule has 142 valence electrons. The summed E-state index contributed by atoms with van der Waals surface area (Å²) in [5.41, 5.74) is 1.88. The number of imidazole rings is 1. The first-order chi connectivity index (χ1) is 12.4. The van der Waals surface area contributed by atoms with Crippen LogP contribution in [0.3, 0.4) is 0 Å². The lowest BCUT2D eigenvalue weighted by atomic mass is 10.1. The van der Waals surface area contributed by atoms with Crippen LogP contribution in [0.25, 0.3) is 11.0 Å². The van der Waals surface area contributed by atoms with Crippen LogP contribution in [-0.4, -0.2) is 53.4 Å². The molecule has 1 amide bonds. The van der Waals surface area contributed by atoms with Crippen LogP contribution >= 0.6 is 0 Å². The molecular weight excluding hydrogens is 350 g/mol.